The number of hydrogen-bond acceptors (Lipinski definition) is 4. The first-order valence-corrected chi connectivity index (χ1v) is 9.25. The van der Waals surface area contributed by atoms with Crippen molar-refractivity contribution in [1.29, 1.82) is 0 Å². The average molecular weight is 381 g/mol. The fourth-order valence-corrected chi connectivity index (χ4v) is 2.89. The zero-order valence-corrected chi connectivity index (χ0v) is 15.7. The van der Waals surface area contributed by atoms with Crippen LogP contribution < -0.4 is 10.1 Å². The van der Waals surface area contributed by atoms with Gasteiger partial charge in [0.05, 0.1) is 11.3 Å². The summed E-state index contributed by atoms with van der Waals surface area (Å²) in [5, 5.41) is 2.96. The minimum absolute atomic E-state index is 0.198. The van der Waals surface area contributed by atoms with Gasteiger partial charge in [-0.2, -0.15) is 0 Å². The Labute approximate surface area is 169 Å². The second-order valence-corrected chi connectivity index (χ2v) is 6.38. The number of carbonyl (C=O) groups excluding carboxylic acids is 1. The monoisotopic (exact) mass is 381 g/mol. The Morgan fingerprint density at radius 2 is 1.72 bits per heavy atom. The number of para-hydroxylation sites is 2. The minimum Gasteiger partial charge on any atom is -0.457 e. The molecule has 0 aliphatic rings. The molecular formula is C24H19N3O2. The lowest BCUT2D eigenvalue weighted by atomic mass is 10.1. The molecular weight excluding hydrogens is 362 g/mol. The molecule has 5 heteroatoms. The minimum atomic E-state index is -0.198. The van der Waals surface area contributed by atoms with Gasteiger partial charge < -0.3 is 10.1 Å². The number of aromatic nitrogens is 2. The SMILES string of the molecule is O=C(NCc1ccnc(-c2cccnc2)c1)c1ccccc1Oc1ccccc1. The van der Waals surface area contributed by atoms with Crippen LogP contribution in [0.4, 0.5) is 0 Å². The number of benzene rings is 2. The smallest absolute Gasteiger partial charge is 0.255 e. The van der Waals surface area contributed by atoms with Gasteiger partial charge in [0.2, 0.25) is 0 Å². The van der Waals surface area contributed by atoms with Gasteiger partial charge >= 0.3 is 0 Å². The Balaban J connectivity index is 1.47. The normalized spacial score (nSPS) is 10.3. The van der Waals surface area contributed by atoms with E-state index in [0.717, 1.165) is 16.8 Å². The number of pyridine rings is 2. The maximum atomic E-state index is 12.8. The Hall–Kier alpha value is -3.99. The lowest BCUT2D eigenvalue weighted by Crippen LogP contribution is -2.23. The van der Waals surface area contributed by atoms with E-state index in [1.165, 1.54) is 0 Å². The molecule has 0 atom stereocenters. The summed E-state index contributed by atoms with van der Waals surface area (Å²) < 4.78 is 5.88. The molecule has 0 radical (unpaired) electrons. The molecule has 0 spiro atoms. The Morgan fingerprint density at radius 1 is 0.897 bits per heavy atom. The number of nitrogens with one attached hydrogen (secondary N) is 1. The first-order chi connectivity index (χ1) is 14.3. The Kier molecular flexibility index (Phi) is 5.58. The van der Waals surface area contributed by atoms with Crippen molar-refractivity contribution in [2.75, 3.05) is 0 Å². The summed E-state index contributed by atoms with van der Waals surface area (Å²) in [7, 11) is 0. The van der Waals surface area contributed by atoms with Crippen molar-refractivity contribution in [2.45, 2.75) is 6.54 Å². The first kappa shape index (κ1) is 18.4. The lowest BCUT2D eigenvalue weighted by Gasteiger charge is -2.12. The van der Waals surface area contributed by atoms with Crippen molar-refractivity contribution in [2.24, 2.45) is 0 Å². The van der Waals surface area contributed by atoms with Crippen LogP contribution in [0, 0.1) is 0 Å². The van der Waals surface area contributed by atoms with Gasteiger partial charge in [0.1, 0.15) is 11.5 Å². The summed E-state index contributed by atoms with van der Waals surface area (Å²) in [6.07, 6.45) is 5.22. The standard InChI is InChI=1S/C24H19N3O2/c28-24(21-10-4-5-11-23(21)29-20-8-2-1-3-9-20)27-16-18-12-14-26-22(15-18)19-7-6-13-25-17-19/h1-15,17H,16H2,(H,27,28). The van der Waals surface area contributed by atoms with Gasteiger partial charge in [0, 0.05) is 30.7 Å². The van der Waals surface area contributed by atoms with Gasteiger partial charge in [-0.1, -0.05) is 30.3 Å². The summed E-state index contributed by atoms with van der Waals surface area (Å²) in [5.74, 6) is 1.00. The first-order valence-electron chi connectivity index (χ1n) is 9.25. The van der Waals surface area contributed by atoms with Crippen molar-refractivity contribution in [3.05, 3.63) is 109 Å². The van der Waals surface area contributed by atoms with E-state index < -0.39 is 0 Å². The van der Waals surface area contributed by atoms with E-state index in [1.807, 2.05) is 66.7 Å². The molecule has 1 N–H and O–H groups in total. The number of rotatable bonds is 6. The van der Waals surface area contributed by atoms with Gasteiger partial charge in [-0.25, -0.2) is 0 Å². The maximum Gasteiger partial charge on any atom is 0.255 e. The summed E-state index contributed by atoms with van der Waals surface area (Å²) in [6.45, 7) is 0.383. The third-order valence-electron chi connectivity index (χ3n) is 4.34. The number of carbonyl (C=O) groups is 1. The largest absolute Gasteiger partial charge is 0.457 e. The van der Waals surface area contributed by atoms with Gasteiger partial charge in [-0.3, -0.25) is 14.8 Å². The fraction of sp³-hybridized carbons (Fsp3) is 0.0417. The summed E-state index contributed by atoms with van der Waals surface area (Å²) in [6, 6.07) is 24.3. The molecule has 0 bridgehead atoms. The molecule has 2 heterocycles. The second-order valence-electron chi connectivity index (χ2n) is 6.38. The molecule has 2 aromatic carbocycles. The fourth-order valence-electron chi connectivity index (χ4n) is 2.89. The summed E-state index contributed by atoms with van der Waals surface area (Å²) >= 11 is 0. The van der Waals surface area contributed by atoms with Crippen molar-refractivity contribution >= 4 is 5.91 Å². The van der Waals surface area contributed by atoms with Crippen LogP contribution in [-0.2, 0) is 6.54 Å². The van der Waals surface area contributed by atoms with E-state index >= 15 is 0 Å². The van der Waals surface area contributed by atoms with Crippen LogP contribution >= 0.6 is 0 Å². The highest BCUT2D eigenvalue weighted by molar-refractivity contribution is 5.97. The number of hydrogen-bond donors (Lipinski definition) is 1. The third kappa shape index (κ3) is 4.65. The van der Waals surface area contributed by atoms with Gasteiger partial charge in [0.15, 0.2) is 0 Å². The van der Waals surface area contributed by atoms with E-state index in [1.54, 1.807) is 30.7 Å². The highest BCUT2D eigenvalue weighted by Gasteiger charge is 2.13. The van der Waals surface area contributed by atoms with Crippen LogP contribution in [0.25, 0.3) is 11.3 Å². The van der Waals surface area contributed by atoms with Crippen LogP contribution in [0.1, 0.15) is 15.9 Å². The molecule has 0 aliphatic carbocycles. The Morgan fingerprint density at radius 3 is 2.55 bits per heavy atom. The number of amides is 1. The van der Waals surface area contributed by atoms with Crippen LogP contribution in [0.5, 0.6) is 11.5 Å². The average Bonchev–Trinajstić information content (AvgIpc) is 2.79. The third-order valence-corrected chi connectivity index (χ3v) is 4.34. The van der Waals surface area contributed by atoms with Crippen molar-refractivity contribution < 1.29 is 9.53 Å². The zero-order chi connectivity index (χ0) is 19.9. The zero-order valence-electron chi connectivity index (χ0n) is 15.7. The maximum absolute atomic E-state index is 12.8. The topological polar surface area (TPSA) is 64.1 Å². The number of ether oxygens (including phenoxy) is 1. The van der Waals surface area contributed by atoms with Crippen LogP contribution in [0.3, 0.4) is 0 Å². The molecule has 142 valence electrons. The lowest BCUT2D eigenvalue weighted by molar-refractivity contribution is 0.0948. The summed E-state index contributed by atoms with van der Waals surface area (Å²) in [4.78, 5) is 21.3. The van der Waals surface area contributed by atoms with E-state index in [9.17, 15) is 4.79 Å². The van der Waals surface area contributed by atoms with Crippen molar-refractivity contribution in [3.63, 3.8) is 0 Å². The molecule has 4 aromatic rings. The summed E-state index contributed by atoms with van der Waals surface area (Å²) in [5.41, 5.74) is 3.19. The van der Waals surface area contributed by atoms with Gasteiger partial charge in [-0.15, -0.1) is 0 Å². The molecule has 0 fully saturated rings. The van der Waals surface area contributed by atoms with E-state index in [0.29, 0.717) is 23.6 Å². The second kappa shape index (κ2) is 8.80. The van der Waals surface area contributed by atoms with Crippen LogP contribution in [0.2, 0.25) is 0 Å². The van der Waals surface area contributed by atoms with Gasteiger partial charge in [0.25, 0.3) is 5.91 Å². The van der Waals surface area contributed by atoms with Crippen molar-refractivity contribution in [3.8, 4) is 22.8 Å². The molecule has 5 nitrogen and oxygen atoms in total. The van der Waals surface area contributed by atoms with E-state index in [2.05, 4.69) is 15.3 Å². The molecule has 0 saturated carbocycles. The van der Waals surface area contributed by atoms with Gasteiger partial charge in [-0.05, 0) is 54.1 Å². The van der Waals surface area contributed by atoms with Crippen LogP contribution in [-0.4, -0.2) is 15.9 Å². The van der Waals surface area contributed by atoms with E-state index in [-0.39, 0.29) is 5.91 Å². The predicted molar refractivity (Wildman–Crippen MR) is 112 cm³/mol. The molecule has 0 saturated heterocycles. The molecule has 29 heavy (non-hydrogen) atoms. The molecule has 0 aliphatic heterocycles. The number of nitrogens with zero attached hydrogens (tertiary/aromatic N) is 2. The van der Waals surface area contributed by atoms with E-state index in [4.69, 9.17) is 4.74 Å². The quantitative estimate of drug-likeness (QED) is 0.518. The molecule has 2 aromatic heterocycles. The molecule has 4 rings (SSSR count). The Bertz CT molecular complexity index is 1100. The predicted octanol–water partition coefficient (Wildman–Crippen LogP) is 4.87. The highest BCUT2D eigenvalue weighted by Crippen LogP contribution is 2.25. The van der Waals surface area contributed by atoms with Crippen LogP contribution in [0.15, 0.2) is 97.5 Å². The molecule has 1 amide bonds. The van der Waals surface area contributed by atoms with Crippen molar-refractivity contribution in [1.82, 2.24) is 15.3 Å². The molecule has 0 unspecified atom stereocenters. The highest BCUT2D eigenvalue weighted by atomic mass is 16.5.